The van der Waals surface area contributed by atoms with Gasteiger partial charge in [-0.25, -0.2) is 9.59 Å². The lowest BCUT2D eigenvalue weighted by molar-refractivity contribution is 0.256. The largest absolute Gasteiger partial charge is 0.351 e. The molecule has 0 heterocycles. The SMILES string of the molecule is NC(=O)N(c1ccccc1)c1ccccc1.O=C(Nc1ccccc1)Nc1ccccc1. The topological polar surface area (TPSA) is 87.5 Å². The van der Waals surface area contributed by atoms with Gasteiger partial charge in [-0.15, -0.1) is 0 Å². The second-order valence-corrected chi connectivity index (χ2v) is 6.66. The smallest absolute Gasteiger partial charge is 0.323 e. The first kappa shape index (κ1) is 22.1. The summed E-state index contributed by atoms with van der Waals surface area (Å²) < 4.78 is 0. The first-order chi connectivity index (χ1) is 15.6. The molecule has 0 aromatic heterocycles. The number of hydrogen-bond donors (Lipinski definition) is 3. The van der Waals surface area contributed by atoms with Crippen LogP contribution < -0.4 is 21.3 Å². The van der Waals surface area contributed by atoms with E-state index in [1.165, 1.54) is 4.90 Å². The lowest BCUT2D eigenvalue weighted by Gasteiger charge is -2.20. The van der Waals surface area contributed by atoms with Gasteiger partial charge in [-0.1, -0.05) is 72.8 Å². The summed E-state index contributed by atoms with van der Waals surface area (Å²) in [5.41, 5.74) is 8.47. The van der Waals surface area contributed by atoms with Gasteiger partial charge in [0.05, 0.1) is 11.4 Å². The van der Waals surface area contributed by atoms with Crippen LogP contribution in [0.3, 0.4) is 0 Å². The lowest BCUT2D eigenvalue weighted by atomic mass is 10.2. The number of anilines is 4. The molecule has 0 saturated carbocycles. The van der Waals surface area contributed by atoms with Crippen molar-refractivity contribution in [2.75, 3.05) is 15.5 Å². The van der Waals surface area contributed by atoms with E-state index in [1.807, 2.05) is 121 Å². The second-order valence-electron chi connectivity index (χ2n) is 6.66. The van der Waals surface area contributed by atoms with E-state index in [0.29, 0.717) is 0 Å². The molecular formula is C26H24N4O2. The highest BCUT2D eigenvalue weighted by atomic mass is 16.2. The number of nitrogens with zero attached hydrogens (tertiary/aromatic N) is 1. The molecule has 0 aliphatic carbocycles. The van der Waals surface area contributed by atoms with E-state index in [1.54, 1.807) is 0 Å². The Bertz CT molecular complexity index is 1020. The van der Waals surface area contributed by atoms with Crippen LogP contribution in [-0.2, 0) is 0 Å². The molecule has 0 fully saturated rings. The zero-order valence-electron chi connectivity index (χ0n) is 17.4. The van der Waals surface area contributed by atoms with Crippen LogP contribution in [0.25, 0.3) is 0 Å². The molecular weight excluding hydrogens is 400 g/mol. The Kier molecular flexibility index (Phi) is 7.99. The van der Waals surface area contributed by atoms with Gasteiger partial charge in [0.1, 0.15) is 0 Å². The Labute approximate surface area is 187 Å². The van der Waals surface area contributed by atoms with E-state index in [0.717, 1.165) is 22.7 Å². The number of para-hydroxylation sites is 4. The van der Waals surface area contributed by atoms with Crippen molar-refractivity contribution in [2.24, 2.45) is 5.73 Å². The number of rotatable bonds is 4. The number of urea groups is 2. The summed E-state index contributed by atoms with van der Waals surface area (Å²) in [5.74, 6) is 0. The van der Waals surface area contributed by atoms with Crippen LogP contribution in [0.4, 0.5) is 32.3 Å². The molecule has 0 unspecified atom stereocenters. The van der Waals surface area contributed by atoms with E-state index in [9.17, 15) is 9.59 Å². The van der Waals surface area contributed by atoms with Gasteiger partial charge in [0, 0.05) is 11.4 Å². The van der Waals surface area contributed by atoms with Crippen molar-refractivity contribution in [2.45, 2.75) is 0 Å². The first-order valence-corrected chi connectivity index (χ1v) is 10.0. The molecule has 4 rings (SSSR count). The maximum Gasteiger partial charge on any atom is 0.323 e. The molecule has 32 heavy (non-hydrogen) atoms. The molecule has 4 aromatic carbocycles. The average Bonchev–Trinajstić information content (AvgIpc) is 2.82. The molecule has 4 aromatic rings. The molecule has 4 amide bonds. The van der Waals surface area contributed by atoms with Gasteiger partial charge in [0.2, 0.25) is 0 Å². The molecule has 4 N–H and O–H groups in total. The predicted octanol–water partition coefficient (Wildman–Crippen LogP) is 6.23. The molecule has 0 aliphatic rings. The van der Waals surface area contributed by atoms with Crippen LogP contribution in [0.1, 0.15) is 0 Å². The number of benzene rings is 4. The van der Waals surface area contributed by atoms with Crippen molar-refractivity contribution in [1.82, 2.24) is 0 Å². The Balaban J connectivity index is 0.000000181. The Morgan fingerprint density at radius 1 is 0.531 bits per heavy atom. The Morgan fingerprint density at radius 3 is 1.16 bits per heavy atom. The molecule has 0 atom stereocenters. The van der Waals surface area contributed by atoms with Crippen molar-refractivity contribution in [3.63, 3.8) is 0 Å². The average molecular weight is 425 g/mol. The van der Waals surface area contributed by atoms with E-state index in [-0.39, 0.29) is 6.03 Å². The molecule has 0 aliphatic heterocycles. The minimum absolute atomic E-state index is 0.239. The number of amides is 4. The summed E-state index contributed by atoms with van der Waals surface area (Å²) in [6.07, 6.45) is 0. The summed E-state index contributed by atoms with van der Waals surface area (Å²) in [6.45, 7) is 0. The fourth-order valence-electron chi connectivity index (χ4n) is 2.89. The van der Waals surface area contributed by atoms with Gasteiger partial charge in [0.15, 0.2) is 0 Å². The normalized spacial score (nSPS) is 9.62. The third-order valence-corrected chi connectivity index (χ3v) is 4.31. The zero-order valence-corrected chi connectivity index (χ0v) is 17.4. The van der Waals surface area contributed by atoms with Gasteiger partial charge >= 0.3 is 12.1 Å². The fourth-order valence-corrected chi connectivity index (χ4v) is 2.89. The van der Waals surface area contributed by atoms with Crippen molar-refractivity contribution in [3.8, 4) is 0 Å². The number of carbonyl (C=O) groups excluding carboxylic acids is 2. The maximum absolute atomic E-state index is 11.6. The number of nitrogens with one attached hydrogen (secondary N) is 2. The third kappa shape index (κ3) is 6.74. The number of hydrogen-bond acceptors (Lipinski definition) is 2. The molecule has 0 bridgehead atoms. The Hall–Kier alpha value is -4.58. The third-order valence-electron chi connectivity index (χ3n) is 4.31. The number of carbonyl (C=O) groups is 2. The van der Waals surface area contributed by atoms with Gasteiger partial charge in [-0.2, -0.15) is 0 Å². The summed E-state index contributed by atoms with van der Waals surface area (Å²) in [4.78, 5) is 24.5. The molecule has 0 radical (unpaired) electrons. The van der Waals surface area contributed by atoms with Gasteiger partial charge in [0.25, 0.3) is 0 Å². The molecule has 0 spiro atoms. The highest BCUT2D eigenvalue weighted by Gasteiger charge is 2.13. The van der Waals surface area contributed by atoms with Crippen molar-refractivity contribution < 1.29 is 9.59 Å². The van der Waals surface area contributed by atoms with E-state index in [2.05, 4.69) is 10.6 Å². The van der Waals surface area contributed by atoms with Crippen molar-refractivity contribution >= 4 is 34.8 Å². The lowest BCUT2D eigenvalue weighted by Crippen LogP contribution is -2.31. The van der Waals surface area contributed by atoms with Crippen molar-refractivity contribution in [1.29, 1.82) is 0 Å². The maximum atomic E-state index is 11.6. The van der Waals surface area contributed by atoms with Crippen LogP contribution in [-0.4, -0.2) is 12.1 Å². The molecule has 0 saturated heterocycles. The first-order valence-electron chi connectivity index (χ1n) is 10.0. The van der Waals surface area contributed by atoms with E-state index in [4.69, 9.17) is 5.73 Å². The van der Waals surface area contributed by atoms with Crippen LogP contribution in [0.15, 0.2) is 121 Å². The summed E-state index contributed by atoms with van der Waals surface area (Å²) in [7, 11) is 0. The monoisotopic (exact) mass is 424 g/mol. The van der Waals surface area contributed by atoms with Crippen LogP contribution in [0.2, 0.25) is 0 Å². The van der Waals surface area contributed by atoms with Crippen molar-refractivity contribution in [3.05, 3.63) is 121 Å². The van der Waals surface area contributed by atoms with Gasteiger partial charge < -0.3 is 16.4 Å². The standard InChI is InChI=1S/2C13H12N2O/c14-13(16)15(11-7-3-1-4-8-11)12-9-5-2-6-10-12;16-13(14-11-7-3-1-4-8-11)15-12-9-5-2-6-10-12/h1-10H,(H2,14,16);1-10H,(H2,14,15,16). The number of primary amides is 1. The highest BCUT2D eigenvalue weighted by Crippen LogP contribution is 2.24. The molecule has 6 heteroatoms. The summed E-state index contributed by atoms with van der Waals surface area (Å²) in [6, 6.07) is 36.6. The highest BCUT2D eigenvalue weighted by molar-refractivity contribution is 5.99. The minimum atomic E-state index is -0.489. The van der Waals surface area contributed by atoms with Crippen LogP contribution in [0, 0.1) is 0 Å². The van der Waals surface area contributed by atoms with Crippen LogP contribution >= 0.6 is 0 Å². The summed E-state index contributed by atoms with van der Waals surface area (Å²) >= 11 is 0. The number of nitrogens with two attached hydrogens (primary N) is 1. The zero-order chi connectivity index (χ0) is 22.6. The molecule has 6 nitrogen and oxygen atoms in total. The van der Waals surface area contributed by atoms with Gasteiger partial charge in [-0.05, 0) is 48.5 Å². The van der Waals surface area contributed by atoms with E-state index >= 15 is 0 Å². The van der Waals surface area contributed by atoms with Crippen LogP contribution in [0.5, 0.6) is 0 Å². The van der Waals surface area contributed by atoms with Gasteiger partial charge in [-0.3, -0.25) is 4.90 Å². The fraction of sp³-hybridized carbons (Fsp3) is 0. The Morgan fingerprint density at radius 2 is 0.844 bits per heavy atom. The quantitative estimate of drug-likeness (QED) is 0.362. The summed E-state index contributed by atoms with van der Waals surface area (Å²) in [5, 5.41) is 5.48. The second kappa shape index (κ2) is 11.6. The van der Waals surface area contributed by atoms with E-state index < -0.39 is 6.03 Å². The minimum Gasteiger partial charge on any atom is -0.351 e. The molecule has 160 valence electrons. The predicted molar refractivity (Wildman–Crippen MR) is 130 cm³/mol.